The molecule has 0 saturated heterocycles. The maximum absolute atomic E-state index is 12.3. The van der Waals surface area contributed by atoms with Crippen molar-refractivity contribution in [1.29, 1.82) is 0 Å². The summed E-state index contributed by atoms with van der Waals surface area (Å²) in [5, 5.41) is 3.79. The van der Waals surface area contributed by atoms with Crippen molar-refractivity contribution in [3.05, 3.63) is 48.2 Å². The van der Waals surface area contributed by atoms with Gasteiger partial charge in [0.05, 0.1) is 13.4 Å². The molecule has 0 fully saturated rings. The van der Waals surface area contributed by atoms with E-state index in [0.29, 0.717) is 17.9 Å². The lowest BCUT2D eigenvalue weighted by molar-refractivity contribution is 0.0926. The summed E-state index contributed by atoms with van der Waals surface area (Å²) in [6.45, 7) is 3.28. The second-order valence-corrected chi connectivity index (χ2v) is 5.33. The molecule has 1 N–H and O–H groups in total. The number of benzene rings is 1. The van der Waals surface area contributed by atoms with Crippen molar-refractivity contribution in [3.8, 4) is 5.75 Å². The van der Waals surface area contributed by atoms with Crippen molar-refractivity contribution in [2.45, 2.75) is 19.9 Å². The number of ether oxygens (including phenoxy) is 1. The lowest BCUT2D eigenvalue weighted by atomic mass is 10.1. The fourth-order valence-electron chi connectivity index (χ4n) is 2.51. The predicted molar refractivity (Wildman–Crippen MR) is 86.7 cm³/mol. The van der Waals surface area contributed by atoms with Gasteiger partial charge in [-0.05, 0) is 31.5 Å². The number of rotatable bonds is 6. The SMILES string of the molecule is COc1ccc2oc(C(=O)NCCCn3ccnc3)c(C)c2c1. The monoisotopic (exact) mass is 313 g/mol. The highest BCUT2D eigenvalue weighted by Gasteiger charge is 2.17. The number of methoxy groups -OCH3 is 1. The Morgan fingerprint density at radius 1 is 1.43 bits per heavy atom. The lowest BCUT2D eigenvalue weighted by Crippen LogP contribution is -2.25. The second-order valence-electron chi connectivity index (χ2n) is 5.33. The highest BCUT2D eigenvalue weighted by Crippen LogP contribution is 2.28. The van der Waals surface area contributed by atoms with Gasteiger partial charge in [-0.15, -0.1) is 0 Å². The molecule has 120 valence electrons. The number of imidazole rings is 1. The smallest absolute Gasteiger partial charge is 0.287 e. The third kappa shape index (κ3) is 3.21. The van der Waals surface area contributed by atoms with Crippen molar-refractivity contribution in [2.24, 2.45) is 0 Å². The minimum atomic E-state index is -0.191. The molecular weight excluding hydrogens is 294 g/mol. The summed E-state index contributed by atoms with van der Waals surface area (Å²) >= 11 is 0. The van der Waals surface area contributed by atoms with Crippen LogP contribution in [0.2, 0.25) is 0 Å². The summed E-state index contributed by atoms with van der Waals surface area (Å²) < 4.78 is 12.9. The first-order chi connectivity index (χ1) is 11.2. The Hall–Kier alpha value is -2.76. The van der Waals surface area contributed by atoms with E-state index in [0.717, 1.165) is 29.7 Å². The van der Waals surface area contributed by atoms with Crippen molar-refractivity contribution in [2.75, 3.05) is 13.7 Å². The minimum Gasteiger partial charge on any atom is -0.497 e. The van der Waals surface area contributed by atoms with Gasteiger partial charge in [0, 0.05) is 36.4 Å². The highest BCUT2D eigenvalue weighted by molar-refractivity contribution is 5.99. The molecule has 0 atom stereocenters. The molecule has 1 amide bonds. The Kier molecular flexibility index (Phi) is 4.32. The number of hydrogen-bond donors (Lipinski definition) is 1. The van der Waals surface area contributed by atoms with Gasteiger partial charge in [0.25, 0.3) is 5.91 Å². The summed E-state index contributed by atoms with van der Waals surface area (Å²) in [7, 11) is 1.62. The van der Waals surface area contributed by atoms with Crippen molar-refractivity contribution < 1.29 is 13.9 Å². The van der Waals surface area contributed by atoms with Crippen LogP contribution in [0.3, 0.4) is 0 Å². The van der Waals surface area contributed by atoms with Crippen LogP contribution in [0.5, 0.6) is 5.75 Å². The molecule has 0 unspecified atom stereocenters. The highest BCUT2D eigenvalue weighted by atomic mass is 16.5. The van der Waals surface area contributed by atoms with E-state index in [1.54, 1.807) is 19.6 Å². The van der Waals surface area contributed by atoms with E-state index in [1.807, 2.05) is 35.9 Å². The first-order valence-corrected chi connectivity index (χ1v) is 7.50. The van der Waals surface area contributed by atoms with E-state index in [1.165, 1.54) is 0 Å². The van der Waals surface area contributed by atoms with Crippen molar-refractivity contribution >= 4 is 16.9 Å². The third-order valence-electron chi connectivity index (χ3n) is 3.79. The molecule has 0 saturated carbocycles. The molecule has 0 spiro atoms. The zero-order valence-electron chi connectivity index (χ0n) is 13.2. The van der Waals surface area contributed by atoms with Crippen LogP contribution in [0.4, 0.5) is 0 Å². The second kappa shape index (κ2) is 6.56. The van der Waals surface area contributed by atoms with Gasteiger partial charge < -0.3 is 19.0 Å². The van der Waals surface area contributed by atoms with Crippen molar-refractivity contribution in [3.63, 3.8) is 0 Å². The minimum absolute atomic E-state index is 0.191. The molecule has 2 heterocycles. The Bertz CT molecular complexity index is 806. The van der Waals surface area contributed by atoms with Gasteiger partial charge in [-0.1, -0.05) is 0 Å². The topological polar surface area (TPSA) is 69.3 Å². The molecule has 2 aromatic heterocycles. The summed E-state index contributed by atoms with van der Waals surface area (Å²) in [6.07, 6.45) is 6.23. The molecule has 0 aliphatic rings. The van der Waals surface area contributed by atoms with Crippen LogP contribution in [0.15, 0.2) is 41.3 Å². The Labute approximate surface area is 134 Å². The number of aromatic nitrogens is 2. The van der Waals surface area contributed by atoms with Gasteiger partial charge in [-0.3, -0.25) is 4.79 Å². The summed E-state index contributed by atoms with van der Waals surface area (Å²) in [5.74, 6) is 0.910. The maximum Gasteiger partial charge on any atom is 0.287 e. The van der Waals surface area contributed by atoms with Crippen LogP contribution in [-0.2, 0) is 6.54 Å². The van der Waals surface area contributed by atoms with Crippen LogP contribution in [0.1, 0.15) is 22.5 Å². The van der Waals surface area contributed by atoms with Crippen LogP contribution in [-0.4, -0.2) is 29.1 Å². The zero-order valence-corrected chi connectivity index (χ0v) is 13.2. The maximum atomic E-state index is 12.3. The molecule has 0 aliphatic heterocycles. The summed E-state index contributed by atoms with van der Waals surface area (Å²) in [6, 6.07) is 5.51. The number of carbonyl (C=O) groups is 1. The quantitative estimate of drug-likeness (QED) is 0.710. The molecule has 0 bridgehead atoms. The van der Waals surface area contributed by atoms with E-state index in [2.05, 4.69) is 10.3 Å². The first kappa shape index (κ1) is 15.1. The molecule has 6 heteroatoms. The van der Waals surface area contributed by atoms with E-state index in [9.17, 15) is 4.79 Å². The standard InChI is InChI=1S/C17H19N3O3/c1-12-14-10-13(22-2)4-5-15(14)23-16(12)17(21)19-6-3-8-20-9-7-18-11-20/h4-5,7,9-11H,3,6,8H2,1-2H3,(H,19,21). The predicted octanol–water partition coefficient (Wildman–Crippen LogP) is 2.77. The summed E-state index contributed by atoms with van der Waals surface area (Å²) in [5.41, 5.74) is 1.51. The first-order valence-electron chi connectivity index (χ1n) is 7.50. The molecule has 0 aliphatic carbocycles. The largest absolute Gasteiger partial charge is 0.497 e. The van der Waals surface area contributed by atoms with Gasteiger partial charge >= 0.3 is 0 Å². The van der Waals surface area contributed by atoms with Crippen molar-refractivity contribution in [1.82, 2.24) is 14.9 Å². The number of nitrogens with zero attached hydrogens (tertiary/aromatic N) is 2. The number of hydrogen-bond acceptors (Lipinski definition) is 4. The molecule has 0 radical (unpaired) electrons. The Morgan fingerprint density at radius 3 is 3.04 bits per heavy atom. The normalized spacial score (nSPS) is 10.9. The molecule has 3 rings (SSSR count). The molecular formula is C17H19N3O3. The van der Waals surface area contributed by atoms with Crippen LogP contribution in [0, 0.1) is 6.92 Å². The van der Waals surface area contributed by atoms with Gasteiger partial charge in [0.15, 0.2) is 5.76 Å². The number of carbonyl (C=O) groups excluding carboxylic acids is 1. The van der Waals surface area contributed by atoms with Gasteiger partial charge in [-0.2, -0.15) is 0 Å². The van der Waals surface area contributed by atoms with Crippen LogP contribution in [0.25, 0.3) is 11.0 Å². The average molecular weight is 313 g/mol. The average Bonchev–Trinajstić information content (AvgIpc) is 3.19. The number of nitrogens with one attached hydrogen (secondary N) is 1. The van der Waals surface area contributed by atoms with Gasteiger partial charge in [0.1, 0.15) is 11.3 Å². The Balaban J connectivity index is 1.65. The van der Waals surface area contributed by atoms with Crippen LogP contribution < -0.4 is 10.1 Å². The van der Waals surface area contributed by atoms with Gasteiger partial charge in [0.2, 0.25) is 0 Å². The van der Waals surface area contributed by atoms with E-state index < -0.39 is 0 Å². The van der Waals surface area contributed by atoms with Gasteiger partial charge in [-0.25, -0.2) is 4.98 Å². The van der Waals surface area contributed by atoms with E-state index in [4.69, 9.17) is 9.15 Å². The summed E-state index contributed by atoms with van der Waals surface area (Å²) in [4.78, 5) is 16.3. The number of amides is 1. The van der Waals surface area contributed by atoms with E-state index >= 15 is 0 Å². The molecule has 6 nitrogen and oxygen atoms in total. The molecule has 23 heavy (non-hydrogen) atoms. The molecule has 1 aromatic carbocycles. The number of aryl methyl sites for hydroxylation is 2. The number of furan rings is 1. The number of fused-ring (bicyclic) bond motifs is 1. The fourth-order valence-corrected chi connectivity index (χ4v) is 2.51. The zero-order chi connectivity index (χ0) is 16.2. The van der Waals surface area contributed by atoms with E-state index in [-0.39, 0.29) is 5.91 Å². The Morgan fingerprint density at radius 2 is 2.30 bits per heavy atom. The third-order valence-corrected chi connectivity index (χ3v) is 3.79. The van der Waals surface area contributed by atoms with Crippen LogP contribution >= 0.6 is 0 Å². The lowest BCUT2D eigenvalue weighted by Gasteiger charge is -2.04. The molecule has 3 aromatic rings. The fraction of sp³-hybridized carbons (Fsp3) is 0.294.